The Bertz CT molecular complexity index is 372. The van der Waals surface area contributed by atoms with Crippen molar-refractivity contribution in [1.82, 2.24) is 0 Å². The predicted octanol–water partition coefficient (Wildman–Crippen LogP) is 2.82. The zero-order valence-corrected chi connectivity index (χ0v) is 12.6. The lowest BCUT2D eigenvalue weighted by Gasteiger charge is -2.19. The zero-order valence-electron chi connectivity index (χ0n) is 10.2. The number of aliphatic hydroxyl groups excluding tert-OH is 1. The third-order valence-corrected chi connectivity index (χ3v) is 3.23. The summed E-state index contributed by atoms with van der Waals surface area (Å²) >= 11 is 3.43. The van der Waals surface area contributed by atoms with Gasteiger partial charge in [0.1, 0.15) is 5.75 Å². The van der Waals surface area contributed by atoms with Gasteiger partial charge >= 0.3 is 0 Å². The molecule has 0 amide bonds. The molecule has 1 aromatic carbocycles. The van der Waals surface area contributed by atoms with Gasteiger partial charge in [0.2, 0.25) is 0 Å². The molecule has 0 fully saturated rings. The maximum Gasteiger partial charge on any atom is 0.133 e. The van der Waals surface area contributed by atoms with E-state index in [1.54, 1.807) is 14.0 Å². The lowest BCUT2D eigenvalue weighted by molar-refractivity contribution is 0.152. The second kappa shape index (κ2) is 7.21. The minimum absolute atomic E-state index is 0. The van der Waals surface area contributed by atoms with Gasteiger partial charge in [-0.3, -0.25) is 0 Å². The zero-order chi connectivity index (χ0) is 12.3. The van der Waals surface area contributed by atoms with Crippen molar-refractivity contribution in [1.29, 1.82) is 0 Å². The van der Waals surface area contributed by atoms with Gasteiger partial charge in [-0.15, -0.1) is 12.4 Å². The molecular weight excluding hydrogens is 305 g/mol. The highest BCUT2D eigenvalue weighted by molar-refractivity contribution is 9.10. The first-order chi connectivity index (χ1) is 7.51. The smallest absolute Gasteiger partial charge is 0.133 e. The van der Waals surface area contributed by atoms with Crippen molar-refractivity contribution in [3.05, 3.63) is 27.7 Å². The number of rotatable bonds is 4. The average molecular weight is 325 g/mol. The van der Waals surface area contributed by atoms with E-state index in [9.17, 15) is 5.11 Å². The Morgan fingerprint density at radius 1 is 1.47 bits per heavy atom. The highest BCUT2D eigenvalue weighted by Gasteiger charge is 2.18. The predicted molar refractivity (Wildman–Crippen MR) is 75.9 cm³/mol. The molecule has 0 saturated carbocycles. The van der Waals surface area contributed by atoms with Crippen molar-refractivity contribution in [3.8, 4) is 5.75 Å². The van der Waals surface area contributed by atoms with Crippen LogP contribution in [0.5, 0.6) is 5.75 Å². The molecule has 0 aromatic heterocycles. The van der Waals surface area contributed by atoms with Crippen LogP contribution in [0.3, 0.4) is 0 Å². The van der Waals surface area contributed by atoms with Gasteiger partial charge < -0.3 is 15.6 Å². The number of nitrogens with two attached hydrogens (primary N) is 1. The summed E-state index contributed by atoms with van der Waals surface area (Å²) in [6.07, 6.45) is 0.193. The van der Waals surface area contributed by atoms with Crippen LogP contribution in [0.25, 0.3) is 0 Å². The number of aryl methyl sites for hydroxylation is 1. The molecule has 5 heteroatoms. The van der Waals surface area contributed by atoms with Crippen LogP contribution in [0, 0.1) is 0 Å². The number of aliphatic hydroxyl groups is 1. The lowest BCUT2D eigenvalue weighted by atomic mass is 9.96. The van der Waals surface area contributed by atoms with E-state index >= 15 is 0 Å². The SMILES string of the molecule is CCc1cc(Br)c(OC)cc1[C@@H](O)[C@@H](C)N.Cl. The van der Waals surface area contributed by atoms with E-state index in [0.717, 1.165) is 22.0 Å². The topological polar surface area (TPSA) is 55.5 Å². The molecule has 17 heavy (non-hydrogen) atoms. The van der Waals surface area contributed by atoms with E-state index in [1.807, 2.05) is 19.1 Å². The molecule has 3 nitrogen and oxygen atoms in total. The number of halogens is 2. The van der Waals surface area contributed by atoms with E-state index in [2.05, 4.69) is 15.9 Å². The van der Waals surface area contributed by atoms with Crippen LogP contribution in [0.4, 0.5) is 0 Å². The Hall–Kier alpha value is -0.290. The second-order valence-electron chi connectivity index (χ2n) is 3.84. The molecule has 0 aliphatic carbocycles. The van der Waals surface area contributed by atoms with Gasteiger partial charge in [-0.25, -0.2) is 0 Å². The Morgan fingerprint density at radius 3 is 2.47 bits per heavy atom. The maximum atomic E-state index is 10.0. The Morgan fingerprint density at radius 2 is 2.06 bits per heavy atom. The Balaban J connectivity index is 0.00000256. The average Bonchev–Trinajstić information content (AvgIpc) is 2.27. The molecule has 0 radical (unpaired) electrons. The maximum absolute atomic E-state index is 10.0. The Kier molecular flexibility index (Phi) is 7.09. The van der Waals surface area contributed by atoms with Gasteiger partial charge in [0.15, 0.2) is 0 Å². The van der Waals surface area contributed by atoms with Crippen molar-refractivity contribution < 1.29 is 9.84 Å². The lowest BCUT2D eigenvalue weighted by Crippen LogP contribution is -2.25. The molecule has 0 heterocycles. The molecule has 0 aliphatic rings. The minimum atomic E-state index is -0.656. The van der Waals surface area contributed by atoms with E-state index in [1.165, 1.54) is 0 Å². The normalized spacial score (nSPS) is 13.8. The van der Waals surface area contributed by atoms with E-state index in [0.29, 0.717) is 5.75 Å². The van der Waals surface area contributed by atoms with E-state index in [4.69, 9.17) is 10.5 Å². The molecule has 0 saturated heterocycles. The molecule has 98 valence electrons. The molecule has 0 bridgehead atoms. The largest absolute Gasteiger partial charge is 0.496 e. The van der Waals surface area contributed by atoms with Gasteiger partial charge in [0, 0.05) is 6.04 Å². The highest BCUT2D eigenvalue weighted by atomic mass is 79.9. The standard InChI is InChI=1S/C12H18BrNO2.ClH/c1-4-8-5-10(13)11(16-3)6-9(8)12(15)7(2)14;/h5-7,12,15H,4,14H2,1-3H3;1H/t7-,12+;/m1./s1. The summed E-state index contributed by atoms with van der Waals surface area (Å²) < 4.78 is 6.11. The number of hydrogen-bond acceptors (Lipinski definition) is 3. The van der Waals surface area contributed by atoms with Crippen molar-refractivity contribution in [3.63, 3.8) is 0 Å². The molecular formula is C12H19BrClNO2. The second-order valence-corrected chi connectivity index (χ2v) is 4.70. The molecule has 1 rings (SSSR count). The van der Waals surface area contributed by atoms with Gasteiger partial charge in [0.05, 0.1) is 17.7 Å². The van der Waals surface area contributed by atoms with Crippen LogP contribution in [0.15, 0.2) is 16.6 Å². The summed E-state index contributed by atoms with van der Waals surface area (Å²) in [6.45, 7) is 3.84. The summed E-state index contributed by atoms with van der Waals surface area (Å²) in [6, 6.07) is 3.52. The van der Waals surface area contributed by atoms with Crippen LogP contribution in [-0.2, 0) is 6.42 Å². The fourth-order valence-electron chi connectivity index (χ4n) is 1.63. The van der Waals surface area contributed by atoms with Gasteiger partial charge in [-0.1, -0.05) is 6.92 Å². The molecule has 0 spiro atoms. The van der Waals surface area contributed by atoms with Crippen LogP contribution in [-0.4, -0.2) is 18.3 Å². The summed E-state index contributed by atoms with van der Waals surface area (Å²) in [5.41, 5.74) is 7.64. The third kappa shape index (κ3) is 3.85. The number of methoxy groups -OCH3 is 1. The number of ether oxygens (including phenoxy) is 1. The molecule has 2 atom stereocenters. The van der Waals surface area contributed by atoms with Crippen molar-refractivity contribution in [2.24, 2.45) is 5.73 Å². The van der Waals surface area contributed by atoms with Crippen molar-refractivity contribution >= 4 is 28.3 Å². The van der Waals surface area contributed by atoms with E-state index < -0.39 is 6.10 Å². The van der Waals surface area contributed by atoms with Gasteiger partial charge in [-0.2, -0.15) is 0 Å². The summed E-state index contributed by atoms with van der Waals surface area (Å²) in [4.78, 5) is 0. The fraction of sp³-hybridized carbons (Fsp3) is 0.500. The van der Waals surface area contributed by atoms with E-state index in [-0.39, 0.29) is 18.4 Å². The quantitative estimate of drug-likeness (QED) is 0.895. The van der Waals surface area contributed by atoms with Crippen molar-refractivity contribution in [2.75, 3.05) is 7.11 Å². The summed E-state index contributed by atoms with van der Waals surface area (Å²) in [5, 5.41) is 10.0. The molecule has 1 aromatic rings. The van der Waals surface area contributed by atoms with Gasteiger partial charge in [-0.05, 0) is 52.5 Å². The first-order valence-corrected chi connectivity index (χ1v) is 6.10. The molecule has 3 N–H and O–H groups in total. The number of benzene rings is 1. The summed E-state index contributed by atoms with van der Waals surface area (Å²) in [7, 11) is 1.60. The monoisotopic (exact) mass is 323 g/mol. The van der Waals surface area contributed by atoms with Crippen LogP contribution >= 0.6 is 28.3 Å². The van der Waals surface area contributed by atoms with Crippen LogP contribution in [0.2, 0.25) is 0 Å². The number of hydrogen-bond donors (Lipinski definition) is 2. The molecule has 0 aliphatic heterocycles. The fourth-order valence-corrected chi connectivity index (χ4v) is 2.18. The van der Waals surface area contributed by atoms with Crippen molar-refractivity contribution in [2.45, 2.75) is 32.4 Å². The Labute approximate surface area is 117 Å². The minimum Gasteiger partial charge on any atom is -0.496 e. The third-order valence-electron chi connectivity index (χ3n) is 2.61. The van der Waals surface area contributed by atoms with Gasteiger partial charge in [0.25, 0.3) is 0 Å². The summed E-state index contributed by atoms with van der Waals surface area (Å²) in [5.74, 6) is 0.715. The first-order valence-electron chi connectivity index (χ1n) is 5.31. The van der Waals surface area contributed by atoms with Crippen LogP contribution < -0.4 is 10.5 Å². The molecule has 0 unspecified atom stereocenters. The van der Waals surface area contributed by atoms with Crippen LogP contribution in [0.1, 0.15) is 31.1 Å². The highest BCUT2D eigenvalue weighted by Crippen LogP contribution is 2.32. The first kappa shape index (κ1) is 16.7.